The summed E-state index contributed by atoms with van der Waals surface area (Å²) in [6, 6.07) is 5.43. The zero-order valence-corrected chi connectivity index (χ0v) is 7.39. The van der Waals surface area contributed by atoms with E-state index in [-0.39, 0.29) is 0 Å². The number of hydrogen-bond donors (Lipinski definition) is 1. The summed E-state index contributed by atoms with van der Waals surface area (Å²) in [4.78, 5) is 1.93. The second-order valence-electron chi connectivity index (χ2n) is 2.61. The molecule has 0 atom stereocenters. The van der Waals surface area contributed by atoms with Gasteiger partial charge in [-0.3, -0.25) is 0 Å². The Bertz CT molecular complexity index is 258. The molecule has 0 aliphatic rings. The molecule has 1 rings (SSSR count). The van der Waals surface area contributed by atoms with Crippen molar-refractivity contribution in [1.29, 1.82) is 0 Å². The minimum Gasteiger partial charge on any atom is -0.399 e. The van der Waals surface area contributed by atoms with Crippen molar-refractivity contribution >= 4 is 23.0 Å². The van der Waals surface area contributed by atoms with E-state index in [4.69, 9.17) is 17.3 Å². The second-order valence-corrected chi connectivity index (χ2v) is 3.01. The van der Waals surface area contributed by atoms with Crippen molar-refractivity contribution in [2.24, 2.45) is 0 Å². The zero-order chi connectivity index (χ0) is 8.43. The van der Waals surface area contributed by atoms with Crippen LogP contribution in [-0.4, -0.2) is 14.1 Å². The summed E-state index contributed by atoms with van der Waals surface area (Å²) >= 11 is 5.89. The number of rotatable bonds is 1. The number of halogens is 1. The largest absolute Gasteiger partial charge is 0.399 e. The predicted molar refractivity (Wildman–Crippen MR) is 50.2 cm³/mol. The Morgan fingerprint density at radius 2 is 2.00 bits per heavy atom. The molecule has 0 radical (unpaired) electrons. The highest BCUT2D eigenvalue weighted by molar-refractivity contribution is 6.33. The predicted octanol–water partition coefficient (Wildman–Crippen LogP) is 1.99. The van der Waals surface area contributed by atoms with Gasteiger partial charge in [-0.05, 0) is 18.2 Å². The van der Waals surface area contributed by atoms with E-state index in [0.717, 1.165) is 16.4 Å². The topological polar surface area (TPSA) is 29.3 Å². The van der Waals surface area contributed by atoms with Crippen molar-refractivity contribution in [2.45, 2.75) is 0 Å². The Labute approximate surface area is 71.6 Å². The van der Waals surface area contributed by atoms with Gasteiger partial charge in [-0.25, -0.2) is 0 Å². The van der Waals surface area contributed by atoms with Gasteiger partial charge >= 0.3 is 0 Å². The van der Waals surface area contributed by atoms with Gasteiger partial charge in [-0.2, -0.15) is 0 Å². The van der Waals surface area contributed by atoms with E-state index in [0.29, 0.717) is 0 Å². The maximum Gasteiger partial charge on any atom is 0.0640 e. The molecule has 0 bridgehead atoms. The highest BCUT2D eigenvalue weighted by Gasteiger charge is 2.00. The summed E-state index contributed by atoms with van der Waals surface area (Å²) < 4.78 is 0. The lowest BCUT2D eigenvalue weighted by molar-refractivity contribution is 1.13. The lowest BCUT2D eigenvalue weighted by atomic mass is 10.3. The molecule has 0 aliphatic heterocycles. The van der Waals surface area contributed by atoms with Crippen molar-refractivity contribution in [3.05, 3.63) is 23.2 Å². The lowest BCUT2D eigenvalue weighted by Crippen LogP contribution is -2.09. The Kier molecular flexibility index (Phi) is 2.25. The quantitative estimate of drug-likeness (QED) is 0.654. The van der Waals surface area contributed by atoms with Crippen LogP contribution < -0.4 is 10.6 Å². The van der Waals surface area contributed by atoms with E-state index in [1.165, 1.54) is 0 Å². The van der Waals surface area contributed by atoms with Gasteiger partial charge in [-0.1, -0.05) is 11.6 Å². The Morgan fingerprint density at radius 1 is 1.36 bits per heavy atom. The van der Waals surface area contributed by atoms with E-state index >= 15 is 0 Å². The molecule has 2 nitrogen and oxygen atoms in total. The van der Waals surface area contributed by atoms with Crippen LogP contribution in [0.5, 0.6) is 0 Å². The fourth-order valence-corrected chi connectivity index (χ4v) is 1.16. The monoisotopic (exact) mass is 170 g/mol. The second kappa shape index (κ2) is 3.01. The van der Waals surface area contributed by atoms with Crippen molar-refractivity contribution in [3.63, 3.8) is 0 Å². The van der Waals surface area contributed by atoms with Gasteiger partial charge in [-0.15, -0.1) is 0 Å². The van der Waals surface area contributed by atoms with Crippen molar-refractivity contribution in [1.82, 2.24) is 0 Å². The Morgan fingerprint density at radius 3 is 2.45 bits per heavy atom. The van der Waals surface area contributed by atoms with Gasteiger partial charge < -0.3 is 10.6 Å². The summed E-state index contributed by atoms with van der Waals surface area (Å²) in [5, 5.41) is 0.726. The average molecular weight is 171 g/mol. The number of nitrogens with zero attached hydrogens (tertiary/aromatic N) is 1. The minimum absolute atomic E-state index is 0.726. The molecule has 0 saturated heterocycles. The standard InChI is InChI=1S/C8H11ClN2/c1-11(2)8-5-6(10)3-4-7(8)9/h3-5H,10H2,1-2H3. The number of nitrogens with two attached hydrogens (primary N) is 1. The van der Waals surface area contributed by atoms with Crippen LogP contribution in [0.3, 0.4) is 0 Å². The van der Waals surface area contributed by atoms with Gasteiger partial charge in [0.05, 0.1) is 10.7 Å². The van der Waals surface area contributed by atoms with Gasteiger partial charge in [0.15, 0.2) is 0 Å². The van der Waals surface area contributed by atoms with Gasteiger partial charge in [0, 0.05) is 19.8 Å². The van der Waals surface area contributed by atoms with Crippen molar-refractivity contribution in [2.75, 3.05) is 24.7 Å². The van der Waals surface area contributed by atoms with Crippen molar-refractivity contribution in [3.8, 4) is 0 Å². The van der Waals surface area contributed by atoms with Crippen LogP contribution in [0, 0.1) is 0 Å². The molecule has 2 N–H and O–H groups in total. The SMILES string of the molecule is CN(C)c1cc(N)ccc1Cl. The van der Waals surface area contributed by atoms with E-state index in [9.17, 15) is 0 Å². The molecular weight excluding hydrogens is 160 g/mol. The molecular formula is C8H11ClN2. The Hall–Kier alpha value is -0.890. The smallest absolute Gasteiger partial charge is 0.0640 e. The highest BCUT2D eigenvalue weighted by Crippen LogP contribution is 2.25. The molecule has 1 aromatic carbocycles. The van der Waals surface area contributed by atoms with E-state index in [2.05, 4.69) is 0 Å². The highest BCUT2D eigenvalue weighted by atomic mass is 35.5. The average Bonchev–Trinajstić information content (AvgIpc) is 1.94. The van der Waals surface area contributed by atoms with Crippen LogP contribution in [0.15, 0.2) is 18.2 Å². The Balaban J connectivity index is 3.13. The molecule has 0 heterocycles. The molecule has 0 fully saturated rings. The summed E-state index contributed by atoms with van der Waals surface area (Å²) in [6.45, 7) is 0. The summed E-state index contributed by atoms with van der Waals surface area (Å²) in [5.74, 6) is 0. The molecule has 60 valence electrons. The molecule has 0 spiro atoms. The normalized spacial score (nSPS) is 9.73. The van der Waals surface area contributed by atoms with Crippen LogP contribution in [0.25, 0.3) is 0 Å². The van der Waals surface area contributed by atoms with E-state index in [1.807, 2.05) is 25.1 Å². The van der Waals surface area contributed by atoms with Crippen LogP contribution in [0.4, 0.5) is 11.4 Å². The molecule has 0 aliphatic carbocycles. The number of nitrogen functional groups attached to an aromatic ring is 1. The minimum atomic E-state index is 0.726. The molecule has 0 aromatic heterocycles. The molecule has 0 amide bonds. The van der Waals surface area contributed by atoms with Gasteiger partial charge in [0.2, 0.25) is 0 Å². The summed E-state index contributed by atoms with van der Waals surface area (Å²) in [6.07, 6.45) is 0. The maximum absolute atomic E-state index is 5.89. The zero-order valence-electron chi connectivity index (χ0n) is 6.63. The lowest BCUT2D eigenvalue weighted by Gasteiger charge is -2.14. The fraction of sp³-hybridized carbons (Fsp3) is 0.250. The van der Waals surface area contributed by atoms with Gasteiger partial charge in [0.25, 0.3) is 0 Å². The first-order valence-electron chi connectivity index (χ1n) is 3.33. The fourth-order valence-electron chi connectivity index (χ4n) is 0.872. The third-order valence-corrected chi connectivity index (χ3v) is 1.77. The van der Waals surface area contributed by atoms with Crippen molar-refractivity contribution < 1.29 is 0 Å². The summed E-state index contributed by atoms with van der Waals surface area (Å²) in [5.41, 5.74) is 7.26. The van der Waals surface area contributed by atoms with Crippen LogP contribution in [0.2, 0.25) is 5.02 Å². The first-order valence-corrected chi connectivity index (χ1v) is 3.71. The number of hydrogen-bond acceptors (Lipinski definition) is 2. The first kappa shape index (κ1) is 8.21. The molecule has 3 heteroatoms. The van der Waals surface area contributed by atoms with Crippen LogP contribution in [-0.2, 0) is 0 Å². The van der Waals surface area contributed by atoms with Crippen LogP contribution >= 0.6 is 11.6 Å². The molecule has 1 aromatic rings. The third-order valence-electron chi connectivity index (χ3n) is 1.45. The first-order chi connectivity index (χ1) is 5.11. The number of anilines is 2. The van der Waals surface area contributed by atoms with Gasteiger partial charge in [0.1, 0.15) is 0 Å². The molecule has 0 unspecified atom stereocenters. The molecule has 11 heavy (non-hydrogen) atoms. The van der Waals surface area contributed by atoms with Crippen LogP contribution in [0.1, 0.15) is 0 Å². The number of benzene rings is 1. The van der Waals surface area contributed by atoms with E-state index in [1.54, 1.807) is 12.1 Å². The molecule has 0 saturated carbocycles. The third kappa shape index (κ3) is 1.77. The maximum atomic E-state index is 5.89. The summed E-state index contributed by atoms with van der Waals surface area (Å²) in [7, 11) is 3.86. The van der Waals surface area contributed by atoms with E-state index < -0.39 is 0 Å².